The molecule has 0 bridgehead atoms. The van der Waals surface area contributed by atoms with Crippen LogP contribution < -0.4 is 20.1 Å². The van der Waals surface area contributed by atoms with Crippen molar-refractivity contribution in [2.45, 2.75) is 20.8 Å². The van der Waals surface area contributed by atoms with Crippen LogP contribution >= 0.6 is 0 Å². The Morgan fingerprint density at radius 2 is 1.69 bits per heavy atom. The van der Waals surface area contributed by atoms with E-state index in [0.29, 0.717) is 28.8 Å². The number of nitrogens with one attached hydrogen (secondary N) is 2. The van der Waals surface area contributed by atoms with Gasteiger partial charge in [-0.05, 0) is 62.2 Å². The van der Waals surface area contributed by atoms with Gasteiger partial charge in [0.05, 0.1) is 19.9 Å². The number of amides is 1. The normalized spacial score (nSPS) is 10.4. The molecule has 3 aromatic rings. The lowest BCUT2D eigenvalue weighted by Gasteiger charge is -2.12. The molecular formula is C22H24N4O3. The number of nitrogens with zero attached hydrogens (tertiary/aromatic N) is 2. The highest BCUT2D eigenvalue weighted by atomic mass is 16.5. The summed E-state index contributed by atoms with van der Waals surface area (Å²) in [5.74, 6) is 1.14. The molecule has 0 saturated carbocycles. The minimum atomic E-state index is -0.359. The van der Waals surface area contributed by atoms with Crippen LogP contribution in [0.1, 0.15) is 27.3 Å². The first-order chi connectivity index (χ1) is 13.9. The molecule has 0 fully saturated rings. The van der Waals surface area contributed by atoms with Crippen LogP contribution in [0, 0.1) is 20.8 Å². The number of aromatic nitrogens is 2. The number of carbonyl (C=O) groups excluding carboxylic acids is 1. The topological polar surface area (TPSA) is 85.4 Å². The quantitative estimate of drug-likeness (QED) is 0.646. The van der Waals surface area contributed by atoms with Crippen molar-refractivity contribution in [1.82, 2.24) is 9.97 Å². The summed E-state index contributed by atoms with van der Waals surface area (Å²) in [7, 11) is 3.10. The van der Waals surface area contributed by atoms with Crippen LogP contribution in [0.15, 0.2) is 42.5 Å². The van der Waals surface area contributed by atoms with Crippen molar-refractivity contribution in [1.29, 1.82) is 0 Å². The molecule has 0 aliphatic rings. The zero-order valence-electron chi connectivity index (χ0n) is 17.2. The van der Waals surface area contributed by atoms with Gasteiger partial charge in [-0.3, -0.25) is 4.79 Å². The number of anilines is 3. The molecule has 29 heavy (non-hydrogen) atoms. The standard InChI is InChI=1S/C22H24N4O3/c1-13-6-7-16(10-14(13)2)24-22-23-15(3)11-19(26-22)21(27)25-18-9-8-17(28-4)12-20(18)29-5/h6-12H,1-5H3,(H,25,27)(H,23,24,26). The smallest absolute Gasteiger partial charge is 0.274 e. The summed E-state index contributed by atoms with van der Waals surface area (Å²) in [5, 5.41) is 5.99. The van der Waals surface area contributed by atoms with Crippen LogP contribution in [0.3, 0.4) is 0 Å². The molecule has 7 nitrogen and oxygen atoms in total. The predicted octanol–water partition coefficient (Wildman–Crippen LogP) is 4.41. The summed E-state index contributed by atoms with van der Waals surface area (Å²) >= 11 is 0. The highest BCUT2D eigenvalue weighted by molar-refractivity contribution is 6.04. The van der Waals surface area contributed by atoms with Gasteiger partial charge in [0.1, 0.15) is 17.2 Å². The Hall–Kier alpha value is -3.61. The fraction of sp³-hybridized carbons (Fsp3) is 0.227. The van der Waals surface area contributed by atoms with Gasteiger partial charge in [0.2, 0.25) is 5.95 Å². The molecule has 1 amide bonds. The van der Waals surface area contributed by atoms with E-state index >= 15 is 0 Å². The molecule has 7 heteroatoms. The molecule has 150 valence electrons. The maximum atomic E-state index is 12.8. The van der Waals surface area contributed by atoms with Crippen molar-refractivity contribution >= 4 is 23.2 Å². The highest BCUT2D eigenvalue weighted by Gasteiger charge is 2.14. The predicted molar refractivity (Wildman–Crippen MR) is 113 cm³/mol. The molecule has 2 aromatic carbocycles. The molecule has 0 aliphatic carbocycles. The van der Waals surface area contributed by atoms with Crippen LogP contribution in [0.2, 0.25) is 0 Å². The summed E-state index contributed by atoms with van der Waals surface area (Å²) in [5.41, 5.74) is 4.68. The monoisotopic (exact) mass is 392 g/mol. The molecule has 2 N–H and O–H groups in total. The molecule has 0 atom stereocenters. The largest absolute Gasteiger partial charge is 0.497 e. The van der Waals surface area contributed by atoms with Crippen molar-refractivity contribution in [2.75, 3.05) is 24.9 Å². The molecule has 0 radical (unpaired) electrons. The number of hydrogen-bond donors (Lipinski definition) is 2. The summed E-state index contributed by atoms with van der Waals surface area (Å²) in [4.78, 5) is 21.5. The second kappa shape index (κ2) is 8.60. The van der Waals surface area contributed by atoms with E-state index in [1.165, 1.54) is 12.7 Å². The van der Waals surface area contributed by atoms with Crippen LogP contribution in [0.25, 0.3) is 0 Å². The third-order valence-electron chi connectivity index (χ3n) is 4.51. The van der Waals surface area contributed by atoms with Crippen LogP contribution in [-0.2, 0) is 0 Å². The number of ether oxygens (including phenoxy) is 2. The Bertz CT molecular complexity index is 1050. The van der Waals surface area contributed by atoms with Gasteiger partial charge in [0.25, 0.3) is 5.91 Å². The molecule has 1 heterocycles. The van der Waals surface area contributed by atoms with Gasteiger partial charge in [-0.1, -0.05) is 6.07 Å². The third-order valence-corrected chi connectivity index (χ3v) is 4.51. The first-order valence-electron chi connectivity index (χ1n) is 9.13. The fourth-order valence-corrected chi connectivity index (χ4v) is 2.78. The Labute approximate surface area is 170 Å². The maximum Gasteiger partial charge on any atom is 0.274 e. The Balaban J connectivity index is 1.83. The lowest BCUT2D eigenvalue weighted by molar-refractivity contribution is 0.102. The minimum Gasteiger partial charge on any atom is -0.497 e. The number of benzene rings is 2. The van der Waals surface area contributed by atoms with Crippen LogP contribution in [-0.4, -0.2) is 30.1 Å². The second-order valence-electron chi connectivity index (χ2n) is 6.66. The minimum absolute atomic E-state index is 0.252. The first-order valence-corrected chi connectivity index (χ1v) is 9.13. The van der Waals surface area contributed by atoms with Crippen LogP contribution in [0.5, 0.6) is 11.5 Å². The average Bonchev–Trinajstić information content (AvgIpc) is 2.70. The number of aryl methyl sites for hydroxylation is 3. The van der Waals surface area contributed by atoms with E-state index in [4.69, 9.17) is 9.47 Å². The van der Waals surface area contributed by atoms with Gasteiger partial charge in [0.15, 0.2) is 0 Å². The first kappa shape index (κ1) is 20.1. The van der Waals surface area contributed by atoms with Gasteiger partial charge in [-0.25, -0.2) is 9.97 Å². The van der Waals surface area contributed by atoms with Gasteiger partial charge >= 0.3 is 0 Å². The van der Waals surface area contributed by atoms with E-state index in [1.54, 1.807) is 31.4 Å². The fourth-order valence-electron chi connectivity index (χ4n) is 2.78. The number of methoxy groups -OCH3 is 2. The van der Waals surface area contributed by atoms with E-state index in [2.05, 4.69) is 27.5 Å². The SMILES string of the molecule is COc1ccc(NC(=O)c2cc(C)nc(Nc3ccc(C)c(C)c3)n2)c(OC)c1. The van der Waals surface area contributed by atoms with Gasteiger partial charge in [-0.15, -0.1) is 0 Å². The summed E-state index contributed by atoms with van der Waals surface area (Å²) in [6.45, 7) is 5.91. The van der Waals surface area contributed by atoms with Crippen molar-refractivity contribution in [3.8, 4) is 11.5 Å². The van der Waals surface area contributed by atoms with E-state index in [0.717, 1.165) is 11.3 Å². The van der Waals surface area contributed by atoms with E-state index in [-0.39, 0.29) is 11.6 Å². The summed E-state index contributed by atoms with van der Waals surface area (Å²) in [6.07, 6.45) is 0. The Kier molecular flexibility index (Phi) is 5.97. The molecule has 0 spiro atoms. The second-order valence-corrected chi connectivity index (χ2v) is 6.66. The summed E-state index contributed by atoms with van der Waals surface area (Å²) in [6, 6.07) is 12.8. The molecule has 0 unspecified atom stereocenters. The van der Waals surface area contributed by atoms with Crippen molar-refractivity contribution in [3.63, 3.8) is 0 Å². The molecule has 3 rings (SSSR count). The Morgan fingerprint density at radius 1 is 0.897 bits per heavy atom. The number of hydrogen-bond acceptors (Lipinski definition) is 6. The molecular weight excluding hydrogens is 368 g/mol. The molecule has 0 saturated heterocycles. The average molecular weight is 392 g/mol. The van der Waals surface area contributed by atoms with Crippen molar-refractivity contribution in [3.05, 3.63) is 65.0 Å². The van der Waals surface area contributed by atoms with E-state index < -0.39 is 0 Å². The number of rotatable bonds is 6. The van der Waals surface area contributed by atoms with Gasteiger partial charge in [0, 0.05) is 17.4 Å². The zero-order chi connectivity index (χ0) is 21.0. The molecule has 0 aliphatic heterocycles. The highest BCUT2D eigenvalue weighted by Crippen LogP contribution is 2.29. The zero-order valence-corrected chi connectivity index (χ0v) is 17.2. The van der Waals surface area contributed by atoms with Crippen molar-refractivity contribution < 1.29 is 14.3 Å². The maximum absolute atomic E-state index is 12.8. The van der Waals surface area contributed by atoms with Crippen molar-refractivity contribution in [2.24, 2.45) is 0 Å². The lowest BCUT2D eigenvalue weighted by atomic mass is 10.1. The Morgan fingerprint density at radius 3 is 2.38 bits per heavy atom. The van der Waals surface area contributed by atoms with E-state index in [1.807, 2.05) is 32.0 Å². The number of carbonyl (C=O) groups is 1. The molecule has 1 aromatic heterocycles. The lowest BCUT2D eigenvalue weighted by Crippen LogP contribution is -2.16. The van der Waals surface area contributed by atoms with Gasteiger partial charge < -0.3 is 20.1 Å². The van der Waals surface area contributed by atoms with Gasteiger partial charge in [-0.2, -0.15) is 0 Å². The van der Waals surface area contributed by atoms with E-state index in [9.17, 15) is 4.79 Å². The third kappa shape index (κ3) is 4.82. The summed E-state index contributed by atoms with van der Waals surface area (Å²) < 4.78 is 10.5. The van der Waals surface area contributed by atoms with Crippen LogP contribution in [0.4, 0.5) is 17.3 Å².